The van der Waals surface area contributed by atoms with Crippen LogP contribution in [-0.4, -0.2) is 36.3 Å². The Balaban J connectivity index is 2.36. The summed E-state index contributed by atoms with van der Waals surface area (Å²) in [6, 6.07) is 0.0522. The Hall–Kier alpha value is -2.73. The number of nitrogens with zero attached hydrogens (tertiary/aromatic N) is 6. The van der Waals surface area contributed by atoms with Crippen LogP contribution in [-0.2, 0) is 0 Å². The molecule has 0 aliphatic heterocycles. The first-order chi connectivity index (χ1) is 8.33. The van der Waals surface area contributed by atoms with Gasteiger partial charge >= 0.3 is 6.01 Å². The van der Waals surface area contributed by atoms with E-state index in [1.54, 1.807) is 0 Å². The molecular formula is C8H8N8O. The van der Waals surface area contributed by atoms with Gasteiger partial charge in [0.1, 0.15) is 12.7 Å². The van der Waals surface area contributed by atoms with Crippen LogP contribution in [0.15, 0.2) is 12.7 Å². The monoisotopic (exact) mass is 232 g/mol. The van der Waals surface area contributed by atoms with Crippen LogP contribution in [0.3, 0.4) is 0 Å². The summed E-state index contributed by atoms with van der Waals surface area (Å²) in [7, 11) is 0. The molecule has 2 aromatic heterocycles. The molecule has 0 aliphatic carbocycles. The van der Waals surface area contributed by atoms with E-state index in [1.165, 1.54) is 17.3 Å². The van der Waals surface area contributed by atoms with Crippen molar-refractivity contribution in [3.63, 3.8) is 0 Å². The number of rotatable bonds is 4. The van der Waals surface area contributed by atoms with Gasteiger partial charge in [-0.05, 0) is 0 Å². The fourth-order valence-corrected chi connectivity index (χ4v) is 0.995. The Morgan fingerprint density at radius 3 is 3.00 bits per heavy atom. The number of ether oxygens (including phenoxy) is 1. The van der Waals surface area contributed by atoms with Crippen LogP contribution in [0.1, 0.15) is 0 Å². The standard InChI is InChI=1S/C8H8N8O/c1-2-3-17-8-13-6(15-9)12-7(14-8)16-5-10-4-11-16/h1,4-5H,3,9H2,(H,12,13,14,15). The Bertz CT molecular complexity index is 531. The molecular weight excluding hydrogens is 224 g/mol. The van der Waals surface area contributed by atoms with Crippen molar-refractivity contribution in [2.24, 2.45) is 5.84 Å². The number of nitrogens with one attached hydrogen (secondary N) is 1. The Labute approximate surface area is 96.0 Å². The predicted octanol–water partition coefficient (Wildman–Crippen LogP) is -1.25. The topological polar surface area (TPSA) is 117 Å². The second kappa shape index (κ2) is 4.86. The molecule has 3 N–H and O–H groups in total. The predicted molar refractivity (Wildman–Crippen MR) is 56.9 cm³/mol. The lowest BCUT2D eigenvalue weighted by atomic mass is 10.7. The van der Waals surface area contributed by atoms with Gasteiger partial charge in [-0.3, -0.25) is 5.43 Å². The second-order valence-corrected chi connectivity index (χ2v) is 2.72. The van der Waals surface area contributed by atoms with Crippen LogP contribution in [0.5, 0.6) is 6.01 Å². The Morgan fingerprint density at radius 1 is 1.47 bits per heavy atom. The zero-order valence-corrected chi connectivity index (χ0v) is 8.61. The van der Waals surface area contributed by atoms with Crippen molar-refractivity contribution in [1.82, 2.24) is 29.7 Å². The maximum atomic E-state index is 5.23. The van der Waals surface area contributed by atoms with Crippen LogP contribution in [0, 0.1) is 12.3 Å². The van der Waals surface area contributed by atoms with Crippen molar-refractivity contribution >= 4 is 5.95 Å². The van der Waals surface area contributed by atoms with E-state index in [-0.39, 0.29) is 24.5 Å². The van der Waals surface area contributed by atoms with E-state index in [2.05, 4.69) is 36.4 Å². The molecule has 86 valence electrons. The third-order valence-electron chi connectivity index (χ3n) is 1.64. The summed E-state index contributed by atoms with van der Waals surface area (Å²) in [6.45, 7) is 0.0465. The van der Waals surface area contributed by atoms with E-state index < -0.39 is 0 Å². The molecule has 0 aliphatic rings. The van der Waals surface area contributed by atoms with E-state index in [1.807, 2.05) is 0 Å². The van der Waals surface area contributed by atoms with Crippen molar-refractivity contribution < 1.29 is 4.74 Å². The first-order valence-corrected chi connectivity index (χ1v) is 4.47. The number of hydrogen-bond donors (Lipinski definition) is 2. The molecule has 0 aromatic carbocycles. The van der Waals surface area contributed by atoms with Gasteiger partial charge in [-0.25, -0.2) is 10.8 Å². The number of nitrogens with two attached hydrogens (primary N) is 1. The number of nitrogen functional groups attached to an aromatic ring is 1. The molecule has 9 heteroatoms. The van der Waals surface area contributed by atoms with Crippen LogP contribution in [0.2, 0.25) is 0 Å². The van der Waals surface area contributed by atoms with E-state index in [0.717, 1.165) is 0 Å². The van der Waals surface area contributed by atoms with Gasteiger partial charge in [0.05, 0.1) is 0 Å². The highest BCUT2D eigenvalue weighted by Gasteiger charge is 2.08. The average molecular weight is 232 g/mol. The first-order valence-electron chi connectivity index (χ1n) is 4.47. The molecule has 0 radical (unpaired) electrons. The minimum absolute atomic E-state index is 0.0465. The zero-order valence-electron chi connectivity index (χ0n) is 8.61. The van der Waals surface area contributed by atoms with Gasteiger partial charge in [-0.15, -0.1) is 6.42 Å². The SMILES string of the molecule is C#CCOc1nc(NN)nc(-n2cncn2)n1. The molecule has 0 amide bonds. The molecule has 0 unspecified atom stereocenters. The summed E-state index contributed by atoms with van der Waals surface area (Å²) < 4.78 is 6.42. The van der Waals surface area contributed by atoms with Gasteiger partial charge in [-0.1, -0.05) is 5.92 Å². The number of terminal acetylenes is 1. The van der Waals surface area contributed by atoms with E-state index in [0.29, 0.717) is 0 Å². The van der Waals surface area contributed by atoms with Crippen LogP contribution in [0.4, 0.5) is 5.95 Å². The number of aromatic nitrogens is 6. The molecule has 0 atom stereocenters. The maximum absolute atomic E-state index is 5.23. The van der Waals surface area contributed by atoms with Crippen molar-refractivity contribution in [1.29, 1.82) is 0 Å². The van der Waals surface area contributed by atoms with Crippen LogP contribution >= 0.6 is 0 Å². The summed E-state index contributed by atoms with van der Waals surface area (Å²) in [5.74, 6) is 7.88. The van der Waals surface area contributed by atoms with Crippen molar-refractivity contribution in [3.8, 4) is 24.3 Å². The molecule has 0 bridgehead atoms. The molecule has 9 nitrogen and oxygen atoms in total. The maximum Gasteiger partial charge on any atom is 0.324 e. The third kappa shape index (κ3) is 2.44. The van der Waals surface area contributed by atoms with Crippen molar-refractivity contribution in [3.05, 3.63) is 12.7 Å². The van der Waals surface area contributed by atoms with Gasteiger partial charge in [0.15, 0.2) is 6.61 Å². The minimum Gasteiger partial charge on any atom is -0.450 e. The van der Waals surface area contributed by atoms with E-state index in [9.17, 15) is 0 Å². The van der Waals surface area contributed by atoms with Gasteiger partial charge in [0, 0.05) is 0 Å². The lowest BCUT2D eigenvalue weighted by molar-refractivity contribution is 0.338. The lowest BCUT2D eigenvalue weighted by Gasteiger charge is -2.05. The Morgan fingerprint density at radius 2 is 2.35 bits per heavy atom. The quantitative estimate of drug-likeness (QED) is 0.381. The largest absolute Gasteiger partial charge is 0.450 e. The summed E-state index contributed by atoms with van der Waals surface area (Å²) in [5.41, 5.74) is 2.29. The molecule has 0 spiro atoms. The van der Waals surface area contributed by atoms with Gasteiger partial charge in [0.25, 0.3) is 5.95 Å². The fourth-order valence-electron chi connectivity index (χ4n) is 0.995. The summed E-state index contributed by atoms with van der Waals surface area (Å²) in [6.07, 6.45) is 7.85. The molecule has 0 saturated carbocycles. The normalized spacial score (nSPS) is 9.65. The lowest BCUT2D eigenvalue weighted by Crippen LogP contribution is -2.15. The minimum atomic E-state index is 0.0465. The molecule has 2 aromatic rings. The van der Waals surface area contributed by atoms with Gasteiger partial charge in [0.2, 0.25) is 5.95 Å². The number of hydrazine groups is 1. The molecule has 2 rings (SSSR count). The smallest absolute Gasteiger partial charge is 0.324 e. The third-order valence-corrected chi connectivity index (χ3v) is 1.64. The van der Waals surface area contributed by atoms with Crippen molar-refractivity contribution in [2.75, 3.05) is 12.0 Å². The summed E-state index contributed by atoms with van der Waals surface area (Å²) in [4.78, 5) is 15.6. The molecule has 17 heavy (non-hydrogen) atoms. The van der Waals surface area contributed by atoms with E-state index >= 15 is 0 Å². The average Bonchev–Trinajstić information content (AvgIpc) is 2.89. The Kier molecular flexibility index (Phi) is 3.08. The summed E-state index contributed by atoms with van der Waals surface area (Å²) >= 11 is 0. The zero-order chi connectivity index (χ0) is 12.1. The van der Waals surface area contributed by atoms with Crippen LogP contribution in [0.25, 0.3) is 5.95 Å². The number of anilines is 1. The number of hydrogen-bond acceptors (Lipinski definition) is 8. The van der Waals surface area contributed by atoms with Crippen LogP contribution < -0.4 is 16.0 Å². The van der Waals surface area contributed by atoms with Crippen molar-refractivity contribution in [2.45, 2.75) is 0 Å². The summed E-state index contributed by atoms with van der Waals surface area (Å²) in [5, 5.41) is 3.87. The first kappa shape index (κ1) is 10.8. The fraction of sp³-hybridized carbons (Fsp3) is 0.125. The second-order valence-electron chi connectivity index (χ2n) is 2.72. The molecule has 0 saturated heterocycles. The van der Waals surface area contributed by atoms with E-state index in [4.69, 9.17) is 17.0 Å². The highest BCUT2D eigenvalue weighted by molar-refractivity contribution is 5.28. The highest BCUT2D eigenvalue weighted by atomic mass is 16.5. The highest BCUT2D eigenvalue weighted by Crippen LogP contribution is 2.08. The van der Waals surface area contributed by atoms with Gasteiger partial charge in [-0.2, -0.15) is 24.7 Å². The molecule has 2 heterocycles. The molecule has 0 fully saturated rings. The van der Waals surface area contributed by atoms with Gasteiger partial charge < -0.3 is 4.74 Å².